The molecule has 146 valence electrons. The fourth-order valence-electron chi connectivity index (χ4n) is 2.79. The maximum atomic E-state index is 12.6. The van der Waals surface area contributed by atoms with Crippen LogP contribution in [0.4, 0.5) is 5.69 Å². The van der Waals surface area contributed by atoms with Crippen LogP contribution in [0.3, 0.4) is 0 Å². The third-order valence-electron chi connectivity index (χ3n) is 4.35. The fourth-order valence-corrected chi connectivity index (χ4v) is 3.74. The molecule has 1 aromatic heterocycles. The highest BCUT2D eigenvalue weighted by atomic mass is 32.2. The normalized spacial score (nSPS) is 12.1. The molecule has 3 aromatic rings. The number of thioether (sulfide) groups is 1. The zero-order valence-electron chi connectivity index (χ0n) is 16.1. The summed E-state index contributed by atoms with van der Waals surface area (Å²) >= 11 is 1.41. The number of benzene rings is 2. The minimum atomic E-state index is -0.342. The molecule has 0 aliphatic rings. The minimum Gasteiger partial charge on any atom is -0.383 e. The first-order valence-corrected chi connectivity index (χ1v) is 9.90. The van der Waals surface area contributed by atoms with Gasteiger partial charge in [0, 0.05) is 24.9 Å². The molecule has 6 nitrogen and oxygen atoms in total. The van der Waals surface area contributed by atoms with Gasteiger partial charge in [0.2, 0.25) is 5.91 Å². The van der Waals surface area contributed by atoms with E-state index in [0.29, 0.717) is 24.4 Å². The number of anilines is 1. The first kappa shape index (κ1) is 20.1. The Bertz CT molecular complexity index is 982. The number of fused-ring (bicyclic) bond motifs is 1. The molecular weight excluding hydrogens is 374 g/mol. The average molecular weight is 398 g/mol. The van der Waals surface area contributed by atoms with Crippen LogP contribution in [-0.2, 0) is 16.1 Å². The van der Waals surface area contributed by atoms with Gasteiger partial charge in [-0.1, -0.05) is 23.9 Å². The summed E-state index contributed by atoms with van der Waals surface area (Å²) in [7, 11) is 1.67. The molecule has 0 unspecified atom stereocenters. The molecule has 0 aliphatic heterocycles. The highest BCUT2D eigenvalue weighted by Gasteiger charge is 2.19. The lowest BCUT2D eigenvalue weighted by atomic mass is 10.1. The van der Waals surface area contributed by atoms with Crippen molar-refractivity contribution in [2.24, 2.45) is 0 Å². The smallest absolute Gasteiger partial charge is 0.237 e. The van der Waals surface area contributed by atoms with Gasteiger partial charge in [0.25, 0.3) is 0 Å². The second kappa shape index (κ2) is 9.03. The number of ether oxygens (including phenoxy) is 1. The van der Waals surface area contributed by atoms with Crippen molar-refractivity contribution in [2.75, 3.05) is 19.0 Å². The van der Waals surface area contributed by atoms with E-state index in [9.17, 15) is 9.59 Å². The predicted octanol–water partition coefficient (Wildman–Crippen LogP) is 4.00. The lowest BCUT2D eigenvalue weighted by Crippen LogP contribution is -2.23. The Labute approximate surface area is 168 Å². The van der Waals surface area contributed by atoms with Gasteiger partial charge in [-0.25, -0.2) is 4.98 Å². The summed E-state index contributed by atoms with van der Waals surface area (Å²) in [5.41, 5.74) is 3.20. The molecule has 1 heterocycles. The van der Waals surface area contributed by atoms with Crippen LogP contribution in [0.2, 0.25) is 0 Å². The number of Topliss-reactive ketones (excluding diaryl/α,β-unsaturated/α-hetero) is 1. The summed E-state index contributed by atoms with van der Waals surface area (Å²) < 4.78 is 7.29. The third kappa shape index (κ3) is 4.61. The van der Waals surface area contributed by atoms with E-state index in [0.717, 1.165) is 16.2 Å². The summed E-state index contributed by atoms with van der Waals surface area (Å²) in [6.07, 6.45) is 0. The molecule has 0 saturated heterocycles. The van der Waals surface area contributed by atoms with Gasteiger partial charge in [-0.3, -0.25) is 9.59 Å². The van der Waals surface area contributed by atoms with Crippen molar-refractivity contribution in [3.05, 3.63) is 54.1 Å². The SMILES string of the molecule is COCCn1c(S[C@H](C)C(=O)Nc2ccc(C(C)=O)cc2)nc2ccccc21. The minimum absolute atomic E-state index is 0.00300. The number of methoxy groups -OCH3 is 1. The van der Waals surface area contributed by atoms with Gasteiger partial charge in [-0.05, 0) is 50.2 Å². The van der Waals surface area contributed by atoms with Crippen LogP contribution in [0, 0.1) is 0 Å². The number of imidazole rings is 1. The molecule has 3 rings (SSSR count). The molecular formula is C21H23N3O3S. The molecule has 0 radical (unpaired) electrons. The Morgan fingerprint density at radius 1 is 1.18 bits per heavy atom. The van der Waals surface area contributed by atoms with Crippen molar-refractivity contribution in [3.8, 4) is 0 Å². The molecule has 1 amide bonds. The molecule has 1 atom stereocenters. The maximum absolute atomic E-state index is 12.6. The molecule has 0 fully saturated rings. The van der Waals surface area contributed by atoms with Crippen LogP contribution in [0.5, 0.6) is 0 Å². The Balaban J connectivity index is 1.73. The molecule has 0 aliphatic carbocycles. The fraction of sp³-hybridized carbons (Fsp3) is 0.286. The molecule has 7 heteroatoms. The standard InChI is InChI=1S/C21H23N3O3S/c1-14(25)16-8-10-17(11-9-16)22-20(26)15(2)28-21-23-18-6-4-5-7-19(18)24(21)12-13-27-3/h4-11,15H,12-13H2,1-3H3,(H,22,26)/t15-/m1/s1. The van der Waals surface area contributed by atoms with Gasteiger partial charge in [-0.2, -0.15) is 0 Å². The number of hydrogen-bond acceptors (Lipinski definition) is 5. The highest BCUT2D eigenvalue weighted by Crippen LogP contribution is 2.28. The van der Waals surface area contributed by atoms with Crippen molar-refractivity contribution >= 4 is 40.2 Å². The Morgan fingerprint density at radius 2 is 1.89 bits per heavy atom. The van der Waals surface area contributed by atoms with E-state index in [2.05, 4.69) is 14.9 Å². The number of para-hydroxylation sites is 2. The van der Waals surface area contributed by atoms with Gasteiger partial charge in [0.05, 0.1) is 22.9 Å². The summed E-state index contributed by atoms with van der Waals surface area (Å²) in [5.74, 6) is -0.123. The number of hydrogen-bond donors (Lipinski definition) is 1. The van der Waals surface area contributed by atoms with E-state index in [1.807, 2.05) is 31.2 Å². The highest BCUT2D eigenvalue weighted by molar-refractivity contribution is 8.00. The molecule has 0 spiro atoms. The Morgan fingerprint density at radius 3 is 2.57 bits per heavy atom. The summed E-state index contributed by atoms with van der Waals surface area (Å²) in [5, 5.41) is 3.33. The Kier molecular flexibility index (Phi) is 6.49. The van der Waals surface area contributed by atoms with E-state index in [4.69, 9.17) is 4.74 Å². The monoisotopic (exact) mass is 397 g/mol. The molecule has 0 saturated carbocycles. The Hall–Kier alpha value is -2.64. The summed E-state index contributed by atoms with van der Waals surface area (Å²) in [6, 6.07) is 14.8. The van der Waals surface area contributed by atoms with Gasteiger partial charge < -0.3 is 14.6 Å². The first-order valence-electron chi connectivity index (χ1n) is 9.02. The number of nitrogens with one attached hydrogen (secondary N) is 1. The van der Waals surface area contributed by atoms with Crippen molar-refractivity contribution < 1.29 is 14.3 Å². The van der Waals surface area contributed by atoms with Gasteiger partial charge in [-0.15, -0.1) is 0 Å². The van der Waals surface area contributed by atoms with E-state index < -0.39 is 0 Å². The zero-order chi connectivity index (χ0) is 20.1. The molecule has 1 N–H and O–H groups in total. The lowest BCUT2D eigenvalue weighted by molar-refractivity contribution is -0.115. The number of carbonyl (C=O) groups is 2. The average Bonchev–Trinajstić information content (AvgIpc) is 3.03. The maximum Gasteiger partial charge on any atom is 0.237 e. The second-order valence-corrected chi connectivity index (χ2v) is 7.72. The third-order valence-corrected chi connectivity index (χ3v) is 5.44. The summed E-state index contributed by atoms with van der Waals surface area (Å²) in [6.45, 7) is 4.60. The first-order chi connectivity index (χ1) is 13.5. The number of aromatic nitrogens is 2. The van der Waals surface area contributed by atoms with Crippen LogP contribution in [0.1, 0.15) is 24.2 Å². The number of carbonyl (C=O) groups excluding carboxylic acids is 2. The number of amides is 1. The van der Waals surface area contributed by atoms with E-state index in [1.165, 1.54) is 18.7 Å². The van der Waals surface area contributed by atoms with E-state index >= 15 is 0 Å². The number of ketones is 1. The van der Waals surface area contributed by atoms with E-state index in [-0.39, 0.29) is 16.9 Å². The predicted molar refractivity (Wildman–Crippen MR) is 112 cm³/mol. The molecule has 28 heavy (non-hydrogen) atoms. The van der Waals surface area contributed by atoms with E-state index in [1.54, 1.807) is 31.4 Å². The molecule has 2 aromatic carbocycles. The largest absolute Gasteiger partial charge is 0.383 e. The van der Waals surface area contributed by atoms with Gasteiger partial charge in [0.1, 0.15) is 0 Å². The molecule has 0 bridgehead atoms. The van der Waals surface area contributed by atoms with Crippen molar-refractivity contribution in [2.45, 2.75) is 30.8 Å². The van der Waals surface area contributed by atoms with Gasteiger partial charge >= 0.3 is 0 Å². The lowest BCUT2D eigenvalue weighted by Gasteiger charge is -2.13. The second-order valence-electron chi connectivity index (χ2n) is 6.41. The van der Waals surface area contributed by atoms with Gasteiger partial charge in [0.15, 0.2) is 10.9 Å². The summed E-state index contributed by atoms with van der Waals surface area (Å²) in [4.78, 5) is 28.7. The van der Waals surface area contributed by atoms with Crippen molar-refractivity contribution in [1.29, 1.82) is 0 Å². The quantitative estimate of drug-likeness (QED) is 0.459. The zero-order valence-corrected chi connectivity index (χ0v) is 17.0. The number of nitrogens with zero attached hydrogens (tertiary/aromatic N) is 2. The van der Waals surface area contributed by atoms with Crippen molar-refractivity contribution in [1.82, 2.24) is 9.55 Å². The number of rotatable bonds is 8. The van der Waals surface area contributed by atoms with Crippen molar-refractivity contribution in [3.63, 3.8) is 0 Å². The van der Waals surface area contributed by atoms with Crippen LogP contribution in [-0.4, -0.2) is 40.2 Å². The van der Waals surface area contributed by atoms with Crippen LogP contribution < -0.4 is 5.32 Å². The topological polar surface area (TPSA) is 73.2 Å². The van der Waals surface area contributed by atoms with Crippen LogP contribution in [0.15, 0.2) is 53.7 Å². The van der Waals surface area contributed by atoms with Crippen LogP contribution in [0.25, 0.3) is 11.0 Å². The van der Waals surface area contributed by atoms with Crippen LogP contribution >= 0.6 is 11.8 Å².